The van der Waals surface area contributed by atoms with Crippen LogP contribution in [0.15, 0.2) is 12.1 Å². The van der Waals surface area contributed by atoms with E-state index in [1.807, 2.05) is 6.92 Å². The summed E-state index contributed by atoms with van der Waals surface area (Å²) in [7, 11) is 3.05. The van der Waals surface area contributed by atoms with E-state index in [2.05, 4.69) is 22.6 Å². The fourth-order valence-electron chi connectivity index (χ4n) is 1.98. The van der Waals surface area contributed by atoms with Crippen molar-refractivity contribution in [2.75, 3.05) is 27.3 Å². The van der Waals surface area contributed by atoms with Gasteiger partial charge < -0.3 is 20.1 Å². The third-order valence-corrected chi connectivity index (χ3v) is 4.01. The summed E-state index contributed by atoms with van der Waals surface area (Å²) in [5.74, 6) is 0.261. The number of benzene rings is 1. The van der Waals surface area contributed by atoms with Crippen molar-refractivity contribution < 1.29 is 19.1 Å². The van der Waals surface area contributed by atoms with Crippen LogP contribution in [0.4, 0.5) is 0 Å². The summed E-state index contributed by atoms with van der Waals surface area (Å²) in [5.41, 5.74) is 5.71. The summed E-state index contributed by atoms with van der Waals surface area (Å²) in [6, 6.07) is 3.36. The highest BCUT2D eigenvalue weighted by molar-refractivity contribution is 14.1. The lowest BCUT2D eigenvalue weighted by Crippen LogP contribution is -2.39. The molecule has 0 aliphatic rings. The number of primary amides is 1. The number of hydrogen-bond acceptors (Lipinski definition) is 4. The fraction of sp³-hybridized carbons (Fsp3) is 0.467. The van der Waals surface area contributed by atoms with Crippen molar-refractivity contribution in [1.29, 1.82) is 0 Å². The van der Waals surface area contributed by atoms with Crippen molar-refractivity contribution in [1.82, 2.24) is 4.90 Å². The van der Waals surface area contributed by atoms with Crippen LogP contribution in [0.25, 0.3) is 0 Å². The quantitative estimate of drug-likeness (QED) is 0.653. The van der Waals surface area contributed by atoms with Crippen LogP contribution in [0.5, 0.6) is 11.5 Å². The van der Waals surface area contributed by atoms with Crippen molar-refractivity contribution in [2.24, 2.45) is 5.73 Å². The lowest BCUT2D eigenvalue weighted by atomic mass is 10.1. The molecule has 0 heterocycles. The van der Waals surface area contributed by atoms with Gasteiger partial charge >= 0.3 is 0 Å². The Morgan fingerprint density at radius 1 is 1.23 bits per heavy atom. The van der Waals surface area contributed by atoms with Crippen LogP contribution in [0, 0.1) is 3.57 Å². The van der Waals surface area contributed by atoms with E-state index in [-0.39, 0.29) is 12.5 Å². The second kappa shape index (κ2) is 8.82. The molecule has 0 saturated carbocycles. The molecule has 0 aliphatic carbocycles. The highest BCUT2D eigenvalue weighted by Gasteiger charge is 2.21. The first-order chi connectivity index (χ1) is 10.4. The maximum atomic E-state index is 12.7. The minimum absolute atomic E-state index is 0.0940. The maximum absolute atomic E-state index is 12.7. The molecule has 0 unspecified atom stereocenters. The standard InChI is InChI=1S/C15H21IN2O4/c1-4-5-6-18(9-14(17)19)15(20)10-7-12(21-2)13(22-3)8-11(10)16/h7-8H,4-6,9H2,1-3H3,(H2,17,19). The van der Waals surface area contributed by atoms with E-state index in [0.717, 1.165) is 16.4 Å². The Balaban J connectivity index is 3.14. The number of halogens is 1. The Kier molecular flexibility index (Phi) is 7.43. The van der Waals surface area contributed by atoms with Crippen molar-refractivity contribution in [2.45, 2.75) is 19.8 Å². The summed E-state index contributed by atoms with van der Waals surface area (Å²) < 4.78 is 11.2. The van der Waals surface area contributed by atoms with Crippen molar-refractivity contribution >= 4 is 34.4 Å². The van der Waals surface area contributed by atoms with Gasteiger partial charge in [0.1, 0.15) is 0 Å². The Morgan fingerprint density at radius 3 is 2.32 bits per heavy atom. The lowest BCUT2D eigenvalue weighted by Gasteiger charge is -2.22. The Hall–Kier alpha value is -1.51. The zero-order chi connectivity index (χ0) is 16.7. The van der Waals surface area contributed by atoms with Crippen molar-refractivity contribution in [3.8, 4) is 11.5 Å². The molecule has 0 fully saturated rings. The minimum Gasteiger partial charge on any atom is -0.493 e. The molecule has 0 aliphatic heterocycles. The predicted molar refractivity (Wildman–Crippen MR) is 92.3 cm³/mol. The van der Waals surface area contributed by atoms with E-state index < -0.39 is 5.91 Å². The van der Waals surface area contributed by atoms with E-state index in [9.17, 15) is 9.59 Å². The highest BCUT2D eigenvalue weighted by Crippen LogP contribution is 2.31. The van der Waals surface area contributed by atoms with Crippen LogP contribution in [0.3, 0.4) is 0 Å². The average molecular weight is 420 g/mol. The molecule has 122 valence electrons. The summed E-state index contributed by atoms with van der Waals surface area (Å²) in [6.07, 6.45) is 1.73. The number of hydrogen-bond donors (Lipinski definition) is 1. The monoisotopic (exact) mass is 420 g/mol. The molecule has 22 heavy (non-hydrogen) atoms. The van der Waals surface area contributed by atoms with Gasteiger partial charge in [-0.25, -0.2) is 0 Å². The molecule has 0 saturated heterocycles. The van der Waals surface area contributed by atoms with Gasteiger partial charge in [0.2, 0.25) is 5.91 Å². The Bertz CT molecular complexity index is 549. The van der Waals surface area contributed by atoms with Gasteiger partial charge in [0, 0.05) is 10.1 Å². The van der Waals surface area contributed by atoms with Crippen LogP contribution in [0.1, 0.15) is 30.1 Å². The zero-order valence-electron chi connectivity index (χ0n) is 13.0. The molecule has 7 heteroatoms. The van der Waals surface area contributed by atoms with E-state index in [1.165, 1.54) is 19.1 Å². The lowest BCUT2D eigenvalue weighted by molar-refractivity contribution is -0.118. The molecule has 1 rings (SSSR count). The molecule has 0 bridgehead atoms. The number of amides is 2. The highest BCUT2D eigenvalue weighted by atomic mass is 127. The second-order valence-electron chi connectivity index (χ2n) is 4.73. The predicted octanol–water partition coefficient (Wildman–Crippen LogP) is 2.04. The largest absolute Gasteiger partial charge is 0.493 e. The second-order valence-corrected chi connectivity index (χ2v) is 5.90. The number of rotatable bonds is 8. The van der Waals surface area contributed by atoms with Crippen LogP contribution in [0.2, 0.25) is 0 Å². The van der Waals surface area contributed by atoms with Crippen LogP contribution in [-0.4, -0.2) is 44.0 Å². The third-order valence-electron chi connectivity index (χ3n) is 3.12. The summed E-state index contributed by atoms with van der Waals surface area (Å²) in [5, 5.41) is 0. The van der Waals surface area contributed by atoms with E-state index in [0.29, 0.717) is 23.6 Å². The van der Waals surface area contributed by atoms with Gasteiger partial charge in [-0.2, -0.15) is 0 Å². The molecule has 0 spiro atoms. The zero-order valence-corrected chi connectivity index (χ0v) is 15.2. The number of carbonyl (C=O) groups excluding carboxylic acids is 2. The van der Waals surface area contributed by atoms with Gasteiger partial charge in [-0.05, 0) is 41.1 Å². The smallest absolute Gasteiger partial charge is 0.255 e. The first-order valence-corrected chi connectivity index (χ1v) is 8.01. The number of nitrogens with two attached hydrogens (primary N) is 1. The first kappa shape index (κ1) is 18.5. The number of unbranched alkanes of at least 4 members (excludes halogenated alkanes) is 1. The minimum atomic E-state index is -0.528. The summed E-state index contributed by atoms with van der Waals surface area (Å²) >= 11 is 2.06. The van der Waals surface area contributed by atoms with E-state index in [4.69, 9.17) is 15.2 Å². The van der Waals surface area contributed by atoms with E-state index in [1.54, 1.807) is 12.1 Å². The SMILES string of the molecule is CCCCN(CC(N)=O)C(=O)c1cc(OC)c(OC)cc1I. The molecule has 2 amide bonds. The van der Waals surface area contributed by atoms with Gasteiger partial charge in [0.25, 0.3) is 5.91 Å². The van der Waals surface area contributed by atoms with Crippen LogP contribution < -0.4 is 15.2 Å². The molecule has 0 radical (unpaired) electrons. The molecule has 6 nitrogen and oxygen atoms in total. The van der Waals surface area contributed by atoms with Gasteiger partial charge in [-0.1, -0.05) is 13.3 Å². The summed E-state index contributed by atoms with van der Waals surface area (Å²) in [4.78, 5) is 25.4. The average Bonchev–Trinajstić information content (AvgIpc) is 2.49. The Morgan fingerprint density at radius 2 is 1.82 bits per heavy atom. The van der Waals surface area contributed by atoms with Crippen LogP contribution >= 0.6 is 22.6 Å². The topological polar surface area (TPSA) is 81.9 Å². The molecular weight excluding hydrogens is 399 g/mol. The number of nitrogens with zero attached hydrogens (tertiary/aromatic N) is 1. The van der Waals surface area contributed by atoms with Gasteiger partial charge in [0.15, 0.2) is 11.5 Å². The maximum Gasteiger partial charge on any atom is 0.255 e. The first-order valence-electron chi connectivity index (χ1n) is 6.93. The Labute approximate surface area is 144 Å². The fourth-order valence-corrected chi connectivity index (χ4v) is 2.65. The van der Waals surface area contributed by atoms with E-state index >= 15 is 0 Å². The summed E-state index contributed by atoms with van der Waals surface area (Å²) in [6.45, 7) is 2.42. The molecule has 1 aromatic carbocycles. The normalized spacial score (nSPS) is 10.2. The van der Waals surface area contributed by atoms with Gasteiger partial charge in [-0.15, -0.1) is 0 Å². The van der Waals surface area contributed by atoms with Gasteiger partial charge in [-0.3, -0.25) is 9.59 Å². The molecule has 1 aromatic rings. The molecule has 2 N–H and O–H groups in total. The number of ether oxygens (including phenoxy) is 2. The van der Waals surface area contributed by atoms with Gasteiger partial charge in [0.05, 0.1) is 26.3 Å². The van der Waals surface area contributed by atoms with Crippen LogP contribution in [-0.2, 0) is 4.79 Å². The third kappa shape index (κ3) is 4.75. The molecular formula is C15H21IN2O4. The van der Waals surface area contributed by atoms with Crippen molar-refractivity contribution in [3.05, 3.63) is 21.3 Å². The molecule has 0 atom stereocenters. The van der Waals surface area contributed by atoms with Crippen molar-refractivity contribution in [3.63, 3.8) is 0 Å². The number of carbonyl (C=O) groups is 2. The number of methoxy groups -OCH3 is 2. The molecule has 0 aromatic heterocycles.